The predicted molar refractivity (Wildman–Crippen MR) is 65.7 cm³/mol. The number of hydrogen-bond donors (Lipinski definition) is 2. The highest BCUT2D eigenvalue weighted by molar-refractivity contribution is 5.53. The standard InChI is InChI=1S/C12H12F3N3O2/c13-12(14,15)20-10-3-1-8(2-4-10)17-11-18-9(5-6-16)7-19-11/h1-4,7H,5-6,16H2,(H,17,18). The fourth-order valence-electron chi connectivity index (χ4n) is 1.49. The third-order valence-corrected chi connectivity index (χ3v) is 2.29. The van der Waals surface area contributed by atoms with Gasteiger partial charge in [0.05, 0.1) is 5.69 Å². The van der Waals surface area contributed by atoms with Gasteiger partial charge in [0, 0.05) is 12.1 Å². The Morgan fingerprint density at radius 3 is 2.55 bits per heavy atom. The van der Waals surface area contributed by atoms with Crippen LogP contribution in [0.2, 0.25) is 0 Å². The summed E-state index contributed by atoms with van der Waals surface area (Å²) >= 11 is 0. The van der Waals surface area contributed by atoms with Crippen LogP contribution in [-0.4, -0.2) is 17.9 Å². The second-order valence-electron chi connectivity index (χ2n) is 3.88. The van der Waals surface area contributed by atoms with E-state index in [1.165, 1.54) is 30.5 Å². The van der Waals surface area contributed by atoms with Gasteiger partial charge in [-0.05, 0) is 30.8 Å². The zero-order valence-corrected chi connectivity index (χ0v) is 10.3. The smallest absolute Gasteiger partial charge is 0.432 e. The van der Waals surface area contributed by atoms with E-state index >= 15 is 0 Å². The van der Waals surface area contributed by atoms with Gasteiger partial charge in [-0.15, -0.1) is 13.2 Å². The fourth-order valence-corrected chi connectivity index (χ4v) is 1.49. The van der Waals surface area contributed by atoms with Crippen LogP contribution in [0.5, 0.6) is 5.75 Å². The number of rotatable bonds is 5. The van der Waals surface area contributed by atoms with Crippen molar-refractivity contribution in [1.29, 1.82) is 0 Å². The summed E-state index contributed by atoms with van der Waals surface area (Å²) in [4.78, 5) is 4.11. The molecule has 2 rings (SSSR count). The number of halogens is 3. The first kappa shape index (κ1) is 14.2. The topological polar surface area (TPSA) is 73.3 Å². The van der Waals surface area contributed by atoms with E-state index in [9.17, 15) is 13.2 Å². The molecule has 1 aromatic heterocycles. The summed E-state index contributed by atoms with van der Waals surface area (Å²) in [6, 6.07) is 5.49. The van der Waals surface area contributed by atoms with E-state index in [0.717, 1.165) is 0 Å². The minimum absolute atomic E-state index is 0.248. The van der Waals surface area contributed by atoms with Gasteiger partial charge in [0.15, 0.2) is 0 Å². The molecule has 0 aliphatic carbocycles. The highest BCUT2D eigenvalue weighted by Gasteiger charge is 2.30. The Balaban J connectivity index is 1.99. The normalized spacial score (nSPS) is 11.4. The highest BCUT2D eigenvalue weighted by atomic mass is 19.4. The van der Waals surface area contributed by atoms with Crippen molar-refractivity contribution in [3.05, 3.63) is 36.2 Å². The summed E-state index contributed by atoms with van der Waals surface area (Å²) in [6.07, 6.45) is -2.64. The second-order valence-corrected chi connectivity index (χ2v) is 3.88. The molecule has 108 valence electrons. The number of aromatic nitrogens is 1. The van der Waals surface area contributed by atoms with Gasteiger partial charge >= 0.3 is 6.36 Å². The van der Waals surface area contributed by atoms with Crippen molar-refractivity contribution in [2.45, 2.75) is 12.8 Å². The summed E-state index contributed by atoms with van der Waals surface area (Å²) in [5.41, 5.74) is 6.61. The van der Waals surface area contributed by atoms with Crippen molar-refractivity contribution in [2.24, 2.45) is 5.73 Å². The van der Waals surface area contributed by atoms with E-state index in [1.54, 1.807) is 0 Å². The lowest BCUT2D eigenvalue weighted by Crippen LogP contribution is -2.16. The molecule has 0 aliphatic rings. The average molecular weight is 287 g/mol. The molecule has 0 unspecified atom stereocenters. The molecule has 0 spiro atoms. The molecule has 1 heterocycles. The van der Waals surface area contributed by atoms with Crippen LogP contribution >= 0.6 is 0 Å². The predicted octanol–water partition coefficient (Wildman–Crippen LogP) is 2.82. The number of alkyl halides is 3. The molecule has 0 radical (unpaired) electrons. The monoisotopic (exact) mass is 287 g/mol. The molecule has 8 heteroatoms. The molecule has 0 aliphatic heterocycles. The second kappa shape index (κ2) is 5.83. The third-order valence-electron chi connectivity index (χ3n) is 2.29. The molecule has 0 atom stereocenters. The van der Waals surface area contributed by atoms with Gasteiger partial charge in [0.25, 0.3) is 6.01 Å². The van der Waals surface area contributed by atoms with Crippen molar-refractivity contribution >= 4 is 11.7 Å². The maximum absolute atomic E-state index is 12.0. The lowest BCUT2D eigenvalue weighted by atomic mass is 10.3. The van der Waals surface area contributed by atoms with E-state index in [2.05, 4.69) is 15.0 Å². The van der Waals surface area contributed by atoms with Gasteiger partial charge in [-0.25, -0.2) is 0 Å². The lowest BCUT2D eigenvalue weighted by Gasteiger charge is -2.09. The summed E-state index contributed by atoms with van der Waals surface area (Å²) in [6.45, 7) is 0.454. The summed E-state index contributed by atoms with van der Waals surface area (Å²) in [5.74, 6) is -0.292. The Hall–Kier alpha value is -2.22. The van der Waals surface area contributed by atoms with E-state index in [0.29, 0.717) is 24.3 Å². The molecular formula is C12H12F3N3O2. The first-order chi connectivity index (χ1) is 9.46. The maximum Gasteiger partial charge on any atom is 0.573 e. The van der Waals surface area contributed by atoms with E-state index < -0.39 is 6.36 Å². The van der Waals surface area contributed by atoms with Crippen molar-refractivity contribution in [3.8, 4) is 5.75 Å². The van der Waals surface area contributed by atoms with E-state index in [-0.39, 0.29) is 11.8 Å². The molecule has 5 nitrogen and oxygen atoms in total. The van der Waals surface area contributed by atoms with Crippen LogP contribution < -0.4 is 15.8 Å². The Bertz CT molecular complexity index is 552. The van der Waals surface area contributed by atoms with Crippen LogP contribution in [0.4, 0.5) is 24.9 Å². The quantitative estimate of drug-likeness (QED) is 0.884. The average Bonchev–Trinajstić information content (AvgIpc) is 2.78. The number of hydrogen-bond acceptors (Lipinski definition) is 5. The van der Waals surface area contributed by atoms with Gasteiger partial charge in [0.2, 0.25) is 0 Å². The molecule has 0 amide bonds. The fraction of sp³-hybridized carbons (Fsp3) is 0.250. The van der Waals surface area contributed by atoms with Crippen LogP contribution in [0.1, 0.15) is 5.69 Å². The molecule has 2 aromatic rings. The summed E-state index contributed by atoms with van der Waals surface area (Å²) in [5, 5.41) is 2.82. The van der Waals surface area contributed by atoms with Gasteiger partial charge < -0.3 is 20.2 Å². The van der Waals surface area contributed by atoms with Gasteiger partial charge in [0.1, 0.15) is 12.0 Å². The number of nitrogens with two attached hydrogens (primary N) is 1. The molecule has 3 N–H and O–H groups in total. The first-order valence-corrected chi connectivity index (χ1v) is 5.73. The minimum atomic E-state index is -4.70. The van der Waals surface area contributed by atoms with Gasteiger partial charge in [-0.2, -0.15) is 4.98 Å². The van der Waals surface area contributed by atoms with E-state index in [1.807, 2.05) is 0 Å². The first-order valence-electron chi connectivity index (χ1n) is 5.73. The molecule has 0 saturated heterocycles. The van der Waals surface area contributed by atoms with Gasteiger partial charge in [-0.3, -0.25) is 0 Å². The highest BCUT2D eigenvalue weighted by Crippen LogP contribution is 2.25. The Kier molecular flexibility index (Phi) is 4.14. The molecule has 1 aromatic carbocycles. The molecule has 0 fully saturated rings. The number of oxazole rings is 1. The Labute approximate surface area is 112 Å². The number of benzene rings is 1. The van der Waals surface area contributed by atoms with Crippen LogP contribution in [0.25, 0.3) is 0 Å². The van der Waals surface area contributed by atoms with Crippen molar-refractivity contribution in [2.75, 3.05) is 11.9 Å². The Morgan fingerprint density at radius 1 is 1.25 bits per heavy atom. The lowest BCUT2D eigenvalue weighted by molar-refractivity contribution is -0.274. The molecule has 0 bridgehead atoms. The van der Waals surface area contributed by atoms with Crippen LogP contribution in [0, 0.1) is 0 Å². The summed E-state index contributed by atoms with van der Waals surface area (Å²) in [7, 11) is 0. The number of nitrogens with zero attached hydrogens (tertiary/aromatic N) is 1. The van der Waals surface area contributed by atoms with Crippen molar-refractivity contribution < 1.29 is 22.3 Å². The number of nitrogens with one attached hydrogen (secondary N) is 1. The molecule has 20 heavy (non-hydrogen) atoms. The Morgan fingerprint density at radius 2 is 1.95 bits per heavy atom. The van der Waals surface area contributed by atoms with Crippen LogP contribution in [-0.2, 0) is 6.42 Å². The zero-order valence-electron chi connectivity index (χ0n) is 10.3. The number of anilines is 2. The van der Waals surface area contributed by atoms with Crippen LogP contribution in [0.15, 0.2) is 34.9 Å². The third kappa shape index (κ3) is 4.16. The van der Waals surface area contributed by atoms with Crippen LogP contribution in [0.3, 0.4) is 0 Å². The maximum atomic E-state index is 12.0. The minimum Gasteiger partial charge on any atom is -0.432 e. The van der Waals surface area contributed by atoms with E-state index in [4.69, 9.17) is 10.2 Å². The van der Waals surface area contributed by atoms with Gasteiger partial charge in [-0.1, -0.05) is 0 Å². The molecular weight excluding hydrogens is 275 g/mol. The SMILES string of the molecule is NCCc1coc(Nc2ccc(OC(F)(F)F)cc2)n1. The number of ether oxygens (including phenoxy) is 1. The zero-order chi connectivity index (χ0) is 14.6. The van der Waals surface area contributed by atoms with Crippen molar-refractivity contribution in [3.63, 3.8) is 0 Å². The molecule has 0 saturated carbocycles. The largest absolute Gasteiger partial charge is 0.573 e. The van der Waals surface area contributed by atoms with Crippen molar-refractivity contribution in [1.82, 2.24) is 4.98 Å². The summed E-state index contributed by atoms with van der Waals surface area (Å²) < 4.78 is 44.9.